The van der Waals surface area contributed by atoms with Crippen LogP contribution in [0.3, 0.4) is 0 Å². The smallest absolute Gasteiger partial charge is 0.169 e. The van der Waals surface area contributed by atoms with Crippen molar-refractivity contribution >= 4 is 28.5 Å². The summed E-state index contributed by atoms with van der Waals surface area (Å²) in [5.41, 5.74) is 4.75. The summed E-state index contributed by atoms with van der Waals surface area (Å²) in [7, 11) is 0. The normalized spacial score (nSPS) is 13.6. The highest BCUT2D eigenvalue weighted by molar-refractivity contribution is 7.16. The van der Waals surface area contributed by atoms with Gasteiger partial charge in [-0.05, 0) is 44.4 Å². The van der Waals surface area contributed by atoms with Crippen LogP contribution in [0.15, 0.2) is 11.4 Å². The molecule has 0 spiro atoms. The number of hydrogen-bond donors (Lipinski definition) is 0. The van der Waals surface area contributed by atoms with Crippen LogP contribution >= 0.6 is 22.7 Å². The lowest BCUT2D eigenvalue weighted by atomic mass is 10.1. The molecular weight excluding hydrogens is 350 g/mol. The molecular formula is C18H17N5S2. The van der Waals surface area contributed by atoms with E-state index in [4.69, 9.17) is 0 Å². The van der Waals surface area contributed by atoms with E-state index in [2.05, 4.69) is 37.6 Å². The van der Waals surface area contributed by atoms with Crippen LogP contribution < -0.4 is 4.90 Å². The Morgan fingerprint density at radius 1 is 1.24 bits per heavy atom. The number of aromatic nitrogens is 3. The molecule has 1 aliphatic rings. The fourth-order valence-corrected chi connectivity index (χ4v) is 4.88. The first kappa shape index (κ1) is 16.2. The zero-order valence-corrected chi connectivity index (χ0v) is 16.0. The van der Waals surface area contributed by atoms with Crippen LogP contribution in [0.4, 0.5) is 5.82 Å². The number of rotatable bonds is 2. The van der Waals surface area contributed by atoms with Crippen molar-refractivity contribution in [2.75, 3.05) is 11.4 Å². The van der Waals surface area contributed by atoms with E-state index in [-0.39, 0.29) is 0 Å². The van der Waals surface area contributed by atoms with Gasteiger partial charge in [-0.25, -0.2) is 4.98 Å². The van der Waals surface area contributed by atoms with Gasteiger partial charge in [0.25, 0.3) is 0 Å². The Bertz CT molecular complexity index is 996. The van der Waals surface area contributed by atoms with E-state index in [1.807, 2.05) is 32.1 Å². The van der Waals surface area contributed by atoms with Crippen LogP contribution in [0.25, 0.3) is 10.6 Å². The first-order chi connectivity index (χ1) is 12.1. The third-order valence-electron chi connectivity index (χ3n) is 4.59. The van der Waals surface area contributed by atoms with Gasteiger partial charge < -0.3 is 4.90 Å². The van der Waals surface area contributed by atoms with Crippen molar-refractivity contribution in [3.05, 3.63) is 43.7 Å². The average molecular weight is 368 g/mol. The van der Waals surface area contributed by atoms with Crippen LogP contribution in [0, 0.1) is 32.1 Å². The molecule has 0 amide bonds. The van der Waals surface area contributed by atoms with Crippen molar-refractivity contribution in [1.29, 1.82) is 5.26 Å². The minimum Gasteiger partial charge on any atom is -0.349 e. The van der Waals surface area contributed by atoms with Crippen molar-refractivity contribution in [2.45, 2.75) is 33.7 Å². The lowest BCUT2D eigenvalue weighted by Crippen LogP contribution is -2.31. The lowest BCUT2D eigenvalue weighted by molar-refractivity contribution is 0.718. The Balaban J connectivity index is 1.67. The molecule has 4 heterocycles. The Morgan fingerprint density at radius 2 is 2.08 bits per heavy atom. The molecule has 0 aliphatic carbocycles. The molecule has 0 unspecified atom stereocenters. The van der Waals surface area contributed by atoms with Crippen molar-refractivity contribution in [2.24, 2.45) is 0 Å². The molecule has 4 rings (SSSR count). The summed E-state index contributed by atoms with van der Waals surface area (Å²) in [6.45, 7) is 7.48. The highest BCUT2D eigenvalue weighted by atomic mass is 32.1. The highest BCUT2D eigenvalue weighted by Crippen LogP contribution is 2.36. The molecule has 0 atom stereocenters. The molecule has 1 aliphatic heterocycles. The molecule has 0 bridgehead atoms. The van der Waals surface area contributed by atoms with Crippen LogP contribution in [0.5, 0.6) is 0 Å². The van der Waals surface area contributed by atoms with Crippen molar-refractivity contribution < 1.29 is 0 Å². The predicted octanol–water partition coefficient (Wildman–Crippen LogP) is 4.02. The van der Waals surface area contributed by atoms with E-state index < -0.39 is 0 Å². The fourth-order valence-electron chi connectivity index (χ4n) is 3.07. The van der Waals surface area contributed by atoms with E-state index in [0.717, 1.165) is 41.5 Å². The third-order valence-corrected chi connectivity index (χ3v) is 6.62. The second-order valence-electron chi connectivity index (χ2n) is 6.20. The number of nitriles is 1. The summed E-state index contributed by atoms with van der Waals surface area (Å²) < 4.78 is 0. The summed E-state index contributed by atoms with van der Waals surface area (Å²) in [4.78, 5) is 9.40. The molecule has 3 aromatic heterocycles. The van der Waals surface area contributed by atoms with Gasteiger partial charge in [-0.3, -0.25) is 0 Å². The standard InChI is InChI=1S/C18H17N5S2/c1-10-11(2)21-22-18(14(10)7-19)23-5-4-16-13(8-23)6-17(25-16)15-9-24-12(3)20-15/h6,9H,4-5,8H2,1-3H3. The van der Waals surface area contributed by atoms with E-state index in [1.165, 1.54) is 15.3 Å². The highest BCUT2D eigenvalue weighted by Gasteiger charge is 2.24. The summed E-state index contributed by atoms with van der Waals surface area (Å²) in [5, 5.41) is 21.3. The first-order valence-corrected chi connectivity index (χ1v) is 9.79. The summed E-state index contributed by atoms with van der Waals surface area (Å²) in [6, 6.07) is 4.55. The number of thiazole rings is 1. The van der Waals surface area contributed by atoms with E-state index in [0.29, 0.717) is 11.4 Å². The molecule has 0 saturated heterocycles. The van der Waals surface area contributed by atoms with E-state index in [9.17, 15) is 5.26 Å². The molecule has 0 N–H and O–H groups in total. The third kappa shape index (κ3) is 2.81. The number of aryl methyl sites for hydroxylation is 2. The van der Waals surface area contributed by atoms with Crippen LogP contribution in [-0.4, -0.2) is 21.7 Å². The van der Waals surface area contributed by atoms with Crippen LogP contribution in [-0.2, 0) is 13.0 Å². The van der Waals surface area contributed by atoms with Crippen molar-refractivity contribution in [3.63, 3.8) is 0 Å². The molecule has 0 saturated carbocycles. The zero-order chi connectivity index (χ0) is 17.6. The largest absolute Gasteiger partial charge is 0.349 e. The van der Waals surface area contributed by atoms with Crippen molar-refractivity contribution in [3.8, 4) is 16.6 Å². The van der Waals surface area contributed by atoms with Gasteiger partial charge in [0.05, 0.1) is 21.3 Å². The maximum Gasteiger partial charge on any atom is 0.169 e. The SMILES string of the molecule is Cc1nc(-c2cc3c(s2)CCN(c2nnc(C)c(C)c2C#N)C3)cs1. The minimum absolute atomic E-state index is 0.640. The average Bonchev–Trinajstić information content (AvgIpc) is 3.22. The zero-order valence-electron chi connectivity index (χ0n) is 14.3. The summed E-state index contributed by atoms with van der Waals surface area (Å²) >= 11 is 3.51. The Labute approximate surface area is 154 Å². The Kier molecular flexibility index (Phi) is 4.02. The summed E-state index contributed by atoms with van der Waals surface area (Å²) in [6.07, 6.45) is 0.961. The molecule has 0 aromatic carbocycles. The van der Waals surface area contributed by atoms with Gasteiger partial charge in [0.1, 0.15) is 11.6 Å². The van der Waals surface area contributed by atoms with Gasteiger partial charge in [-0.2, -0.15) is 10.4 Å². The number of nitrogens with zero attached hydrogens (tertiary/aromatic N) is 5. The molecule has 0 fully saturated rings. The molecule has 25 heavy (non-hydrogen) atoms. The molecule has 5 nitrogen and oxygen atoms in total. The Hall–Kier alpha value is -2.30. The van der Waals surface area contributed by atoms with Gasteiger partial charge in [0.15, 0.2) is 5.82 Å². The van der Waals surface area contributed by atoms with Gasteiger partial charge in [-0.15, -0.1) is 27.8 Å². The number of anilines is 1. The second kappa shape index (κ2) is 6.21. The topological polar surface area (TPSA) is 65.7 Å². The number of fused-ring (bicyclic) bond motifs is 1. The van der Waals surface area contributed by atoms with E-state index in [1.54, 1.807) is 11.3 Å². The molecule has 3 aromatic rings. The van der Waals surface area contributed by atoms with Gasteiger partial charge in [-0.1, -0.05) is 0 Å². The minimum atomic E-state index is 0.640. The second-order valence-corrected chi connectivity index (χ2v) is 8.40. The van der Waals surface area contributed by atoms with Gasteiger partial charge >= 0.3 is 0 Å². The summed E-state index contributed by atoms with van der Waals surface area (Å²) in [5.74, 6) is 0.702. The molecule has 0 radical (unpaired) electrons. The lowest BCUT2D eigenvalue weighted by Gasteiger charge is -2.28. The molecule has 7 heteroatoms. The number of thiophene rings is 1. The van der Waals surface area contributed by atoms with Crippen LogP contribution in [0.2, 0.25) is 0 Å². The molecule has 126 valence electrons. The van der Waals surface area contributed by atoms with Gasteiger partial charge in [0.2, 0.25) is 0 Å². The van der Waals surface area contributed by atoms with Gasteiger partial charge in [0, 0.05) is 23.3 Å². The monoisotopic (exact) mass is 367 g/mol. The predicted molar refractivity (Wildman–Crippen MR) is 101 cm³/mol. The Morgan fingerprint density at radius 3 is 2.80 bits per heavy atom. The van der Waals surface area contributed by atoms with Crippen LogP contribution in [0.1, 0.15) is 32.3 Å². The number of hydrogen-bond acceptors (Lipinski definition) is 7. The van der Waals surface area contributed by atoms with E-state index >= 15 is 0 Å². The maximum absolute atomic E-state index is 9.56. The fraction of sp³-hybridized carbons (Fsp3) is 0.333. The quantitative estimate of drug-likeness (QED) is 0.684. The first-order valence-electron chi connectivity index (χ1n) is 8.10. The van der Waals surface area contributed by atoms with Crippen molar-refractivity contribution in [1.82, 2.24) is 15.2 Å². The maximum atomic E-state index is 9.56.